The molecule has 0 amide bonds. The highest BCUT2D eigenvalue weighted by Crippen LogP contribution is 2.22. The van der Waals surface area contributed by atoms with Crippen LogP contribution in [0.5, 0.6) is 0 Å². The molecule has 0 saturated carbocycles. The molecule has 0 spiro atoms. The molecule has 0 unspecified atom stereocenters. The van der Waals surface area contributed by atoms with Crippen molar-refractivity contribution in [1.82, 2.24) is 15.5 Å². The molecule has 1 aromatic rings. The maximum absolute atomic E-state index is 4.91. The number of benzene rings is 1. The molecule has 4 heteroatoms. The molecule has 26 heavy (non-hydrogen) atoms. The van der Waals surface area contributed by atoms with Crippen LogP contribution in [0.25, 0.3) is 0 Å². The summed E-state index contributed by atoms with van der Waals surface area (Å²) in [4.78, 5) is 7.47. The molecular formula is C22H38N4. The summed E-state index contributed by atoms with van der Waals surface area (Å²) in [6, 6.07) is 11.9. The van der Waals surface area contributed by atoms with Gasteiger partial charge in [0, 0.05) is 38.3 Å². The van der Waals surface area contributed by atoms with Gasteiger partial charge in [0.25, 0.3) is 0 Å². The van der Waals surface area contributed by atoms with E-state index in [1.165, 1.54) is 31.5 Å². The number of piperidine rings is 1. The number of hydrogen-bond donors (Lipinski definition) is 2. The average molecular weight is 359 g/mol. The van der Waals surface area contributed by atoms with E-state index in [1.807, 2.05) is 0 Å². The molecule has 1 heterocycles. The number of likely N-dealkylation sites (tertiary alicyclic amines) is 1. The van der Waals surface area contributed by atoms with Gasteiger partial charge in [-0.25, -0.2) is 0 Å². The fourth-order valence-corrected chi connectivity index (χ4v) is 3.57. The maximum atomic E-state index is 4.91. The van der Waals surface area contributed by atoms with Gasteiger partial charge in [-0.05, 0) is 51.0 Å². The van der Waals surface area contributed by atoms with Crippen LogP contribution in [0.4, 0.5) is 0 Å². The quantitative estimate of drug-likeness (QED) is 0.577. The van der Waals surface area contributed by atoms with E-state index in [-0.39, 0.29) is 5.41 Å². The van der Waals surface area contributed by atoms with E-state index in [9.17, 15) is 0 Å². The molecule has 0 bridgehead atoms. The predicted octanol–water partition coefficient (Wildman–Crippen LogP) is 3.68. The summed E-state index contributed by atoms with van der Waals surface area (Å²) < 4.78 is 0. The lowest BCUT2D eigenvalue weighted by atomic mass is 9.86. The minimum absolute atomic E-state index is 0.144. The smallest absolute Gasteiger partial charge is 0.191 e. The van der Waals surface area contributed by atoms with Gasteiger partial charge in [-0.15, -0.1) is 0 Å². The van der Waals surface area contributed by atoms with Gasteiger partial charge in [0.1, 0.15) is 0 Å². The number of nitrogens with one attached hydrogen (secondary N) is 2. The summed E-state index contributed by atoms with van der Waals surface area (Å²) in [5.74, 6) is 0.969. The number of hydrogen-bond acceptors (Lipinski definition) is 2. The zero-order valence-electron chi connectivity index (χ0n) is 17.4. The highest BCUT2D eigenvalue weighted by atomic mass is 15.2. The van der Waals surface area contributed by atoms with Gasteiger partial charge >= 0.3 is 0 Å². The van der Waals surface area contributed by atoms with Crippen LogP contribution >= 0.6 is 0 Å². The van der Waals surface area contributed by atoms with Gasteiger partial charge in [-0.1, -0.05) is 44.2 Å². The van der Waals surface area contributed by atoms with Gasteiger partial charge in [-0.2, -0.15) is 0 Å². The van der Waals surface area contributed by atoms with Crippen molar-refractivity contribution in [2.45, 2.75) is 66.0 Å². The van der Waals surface area contributed by atoms with E-state index in [2.05, 4.69) is 80.5 Å². The molecule has 1 fully saturated rings. The Morgan fingerprint density at radius 1 is 1.19 bits per heavy atom. The van der Waals surface area contributed by atoms with Crippen molar-refractivity contribution in [3.63, 3.8) is 0 Å². The maximum Gasteiger partial charge on any atom is 0.191 e. The summed E-state index contributed by atoms with van der Waals surface area (Å²) in [7, 11) is 0. The second-order valence-electron chi connectivity index (χ2n) is 8.57. The van der Waals surface area contributed by atoms with E-state index in [4.69, 9.17) is 4.99 Å². The van der Waals surface area contributed by atoms with Crippen LogP contribution in [0, 0.1) is 5.41 Å². The van der Waals surface area contributed by atoms with Crippen molar-refractivity contribution in [2.24, 2.45) is 10.4 Å². The van der Waals surface area contributed by atoms with Gasteiger partial charge in [0.05, 0.1) is 0 Å². The van der Waals surface area contributed by atoms with Crippen molar-refractivity contribution in [3.8, 4) is 0 Å². The van der Waals surface area contributed by atoms with E-state index < -0.39 is 0 Å². The average Bonchev–Trinajstić information content (AvgIpc) is 2.61. The Kier molecular flexibility index (Phi) is 7.95. The standard InChI is InChI=1S/C22H38N4/c1-6-23-21(25-20-12-14-26(15-13-20)18(2)3)24-17-22(4,5)16-19-10-8-7-9-11-19/h7-11,18,20H,6,12-17H2,1-5H3,(H2,23,24,25). The molecular weight excluding hydrogens is 320 g/mol. The lowest BCUT2D eigenvalue weighted by molar-refractivity contribution is 0.167. The molecule has 1 aliphatic heterocycles. The first-order valence-corrected chi connectivity index (χ1v) is 10.2. The molecule has 0 aromatic heterocycles. The SMILES string of the molecule is CCNC(=NCC(C)(C)Cc1ccccc1)NC1CCN(C(C)C)CC1. The summed E-state index contributed by atoms with van der Waals surface area (Å²) in [5, 5.41) is 7.09. The third-order valence-corrected chi connectivity index (χ3v) is 5.14. The molecule has 4 nitrogen and oxygen atoms in total. The molecule has 2 N–H and O–H groups in total. The molecule has 2 rings (SSSR count). The summed E-state index contributed by atoms with van der Waals surface area (Å²) >= 11 is 0. The molecule has 1 saturated heterocycles. The highest BCUT2D eigenvalue weighted by molar-refractivity contribution is 5.80. The van der Waals surface area contributed by atoms with Crippen LogP contribution in [-0.4, -0.2) is 49.1 Å². The second kappa shape index (κ2) is 9.96. The van der Waals surface area contributed by atoms with Crippen molar-refractivity contribution >= 4 is 5.96 Å². The number of aliphatic imine (C=N–C) groups is 1. The van der Waals surface area contributed by atoms with Crippen LogP contribution in [0.1, 0.15) is 53.0 Å². The minimum atomic E-state index is 0.144. The zero-order chi connectivity index (χ0) is 19.0. The Balaban J connectivity index is 1.89. The Labute approximate surface area is 160 Å². The lowest BCUT2D eigenvalue weighted by Gasteiger charge is -2.35. The van der Waals surface area contributed by atoms with E-state index in [1.54, 1.807) is 0 Å². The van der Waals surface area contributed by atoms with Crippen molar-refractivity contribution in [3.05, 3.63) is 35.9 Å². The van der Waals surface area contributed by atoms with Crippen LogP contribution in [0.2, 0.25) is 0 Å². The molecule has 0 aliphatic carbocycles. The fraction of sp³-hybridized carbons (Fsp3) is 0.682. The van der Waals surface area contributed by atoms with Gasteiger partial charge in [-0.3, -0.25) is 4.99 Å². The lowest BCUT2D eigenvalue weighted by Crippen LogP contribution is -2.50. The molecule has 0 radical (unpaired) electrons. The number of guanidine groups is 1. The Morgan fingerprint density at radius 3 is 2.42 bits per heavy atom. The first kappa shape index (κ1) is 20.8. The van der Waals surface area contributed by atoms with Crippen LogP contribution < -0.4 is 10.6 Å². The number of nitrogens with zero attached hydrogens (tertiary/aromatic N) is 2. The van der Waals surface area contributed by atoms with E-state index in [0.717, 1.165) is 25.5 Å². The second-order valence-corrected chi connectivity index (χ2v) is 8.57. The van der Waals surface area contributed by atoms with Gasteiger partial charge < -0.3 is 15.5 Å². The Morgan fingerprint density at radius 2 is 1.85 bits per heavy atom. The van der Waals surface area contributed by atoms with Crippen LogP contribution in [0.3, 0.4) is 0 Å². The summed E-state index contributed by atoms with van der Waals surface area (Å²) in [6.45, 7) is 15.4. The van der Waals surface area contributed by atoms with Crippen molar-refractivity contribution in [2.75, 3.05) is 26.2 Å². The third kappa shape index (κ3) is 6.99. The molecule has 1 aliphatic rings. The fourth-order valence-electron chi connectivity index (χ4n) is 3.57. The highest BCUT2D eigenvalue weighted by Gasteiger charge is 2.22. The van der Waals surface area contributed by atoms with E-state index in [0.29, 0.717) is 12.1 Å². The molecule has 146 valence electrons. The summed E-state index contributed by atoms with van der Waals surface area (Å²) in [6.07, 6.45) is 3.43. The molecule has 1 aromatic carbocycles. The van der Waals surface area contributed by atoms with Crippen molar-refractivity contribution in [1.29, 1.82) is 0 Å². The predicted molar refractivity (Wildman–Crippen MR) is 113 cm³/mol. The van der Waals surface area contributed by atoms with Crippen molar-refractivity contribution < 1.29 is 0 Å². The van der Waals surface area contributed by atoms with E-state index >= 15 is 0 Å². The third-order valence-electron chi connectivity index (χ3n) is 5.14. The zero-order valence-corrected chi connectivity index (χ0v) is 17.4. The Bertz CT molecular complexity index is 543. The largest absolute Gasteiger partial charge is 0.357 e. The topological polar surface area (TPSA) is 39.7 Å². The summed E-state index contributed by atoms with van der Waals surface area (Å²) in [5.41, 5.74) is 1.52. The first-order chi connectivity index (χ1) is 12.4. The minimum Gasteiger partial charge on any atom is -0.357 e. The van der Waals surface area contributed by atoms with Gasteiger partial charge in [0.2, 0.25) is 0 Å². The normalized spacial score (nSPS) is 17.5. The Hall–Kier alpha value is -1.55. The van der Waals surface area contributed by atoms with Crippen LogP contribution in [0.15, 0.2) is 35.3 Å². The number of rotatable bonds is 7. The first-order valence-electron chi connectivity index (χ1n) is 10.2. The van der Waals surface area contributed by atoms with Gasteiger partial charge in [0.15, 0.2) is 5.96 Å². The van der Waals surface area contributed by atoms with Crippen LogP contribution in [-0.2, 0) is 6.42 Å². The molecule has 0 atom stereocenters. The monoisotopic (exact) mass is 358 g/mol.